The Kier molecular flexibility index (Phi) is 7.08. The van der Waals surface area contributed by atoms with Gasteiger partial charge in [-0.1, -0.05) is 30.3 Å². The lowest BCUT2D eigenvalue weighted by molar-refractivity contribution is 0.148. The van der Waals surface area contributed by atoms with E-state index in [-0.39, 0.29) is 0 Å². The van der Waals surface area contributed by atoms with Crippen molar-refractivity contribution in [1.29, 1.82) is 0 Å². The maximum absolute atomic E-state index is 5.33. The highest BCUT2D eigenvalue weighted by Gasteiger charge is 2.14. The van der Waals surface area contributed by atoms with Crippen LogP contribution in [0, 0.1) is 0 Å². The monoisotopic (exact) mass is 484 g/mol. The number of imidazole rings is 1. The molecule has 0 spiro atoms. The Bertz CT molecular complexity index is 1320. The molecule has 6 nitrogen and oxygen atoms in total. The highest BCUT2D eigenvalue weighted by molar-refractivity contribution is 7.80. The first-order valence-electron chi connectivity index (χ1n) is 12.2. The molecule has 1 aliphatic rings. The molecule has 1 aliphatic heterocycles. The summed E-state index contributed by atoms with van der Waals surface area (Å²) in [6.45, 7) is 8.35. The van der Waals surface area contributed by atoms with Gasteiger partial charge in [-0.3, -0.25) is 9.30 Å². The molecule has 5 rings (SSSR count). The van der Waals surface area contributed by atoms with Crippen LogP contribution in [-0.2, 0) is 6.54 Å². The topological polar surface area (TPSA) is 47.8 Å². The highest BCUT2D eigenvalue weighted by atomic mass is 32.1. The average Bonchev–Trinajstić information content (AvgIpc) is 3.29. The molecule has 1 saturated heterocycles. The number of nitrogens with one attached hydrogen (secondary N) is 2. The third-order valence-electron chi connectivity index (χ3n) is 6.53. The van der Waals surface area contributed by atoms with Crippen molar-refractivity contribution in [2.24, 2.45) is 0 Å². The zero-order chi connectivity index (χ0) is 24.2. The molecule has 1 fully saturated rings. The van der Waals surface area contributed by atoms with E-state index in [1.807, 2.05) is 25.3 Å². The minimum atomic E-state index is 0.627. The van der Waals surface area contributed by atoms with E-state index in [1.165, 1.54) is 16.7 Å². The van der Waals surface area contributed by atoms with Crippen molar-refractivity contribution in [3.63, 3.8) is 0 Å². The molecule has 3 heterocycles. The van der Waals surface area contributed by atoms with Crippen molar-refractivity contribution in [2.45, 2.75) is 13.5 Å². The van der Waals surface area contributed by atoms with Gasteiger partial charge in [-0.2, -0.15) is 0 Å². The van der Waals surface area contributed by atoms with Gasteiger partial charge >= 0.3 is 0 Å². The number of thiocarbonyl (C=S) groups is 1. The van der Waals surface area contributed by atoms with E-state index in [9.17, 15) is 0 Å². The van der Waals surface area contributed by atoms with Crippen LogP contribution in [0.15, 0.2) is 73.1 Å². The standard InChI is InChI=1S/C28H32N6S/c1-3-29-28(35)31-25-9-5-8-24(17-25)26-19-30-27-18-23(10-11-34(26)27)22-7-4-6-21(16-22)20-33-14-12-32(2)13-15-33/h4-11,16-19H,3,12-15,20H2,1-2H3,(H2,29,31,35). The Morgan fingerprint density at radius 3 is 2.54 bits per heavy atom. The number of likely N-dealkylation sites (N-methyl/N-ethyl adjacent to an activating group) is 1. The molecule has 0 amide bonds. The van der Waals surface area contributed by atoms with Crippen molar-refractivity contribution in [1.82, 2.24) is 24.5 Å². The predicted octanol–water partition coefficient (Wildman–Crippen LogP) is 4.72. The number of hydrogen-bond donors (Lipinski definition) is 2. The van der Waals surface area contributed by atoms with Gasteiger partial charge in [0.15, 0.2) is 5.11 Å². The molecule has 4 aromatic rings. The first kappa shape index (κ1) is 23.5. The lowest BCUT2D eigenvalue weighted by Gasteiger charge is -2.32. The number of pyridine rings is 1. The Morgan fingerprint density at radius 1 is 0.943 bits per heavy atom. The molecule has 0 unspecified atom stereocenters. The maximum Gasteiger partial charge on any atom is 0.170 e. The number of aromatic nitrogens is 2. The minimum absolute atomic E-state index is 0.627. The van der Waals surface area contributed by atoms with Crippen LogP contribution in [0.1, 0.15) is 12.5 Å². The predicted molar refractivity (Wildman–Crippen MR) is 149 cm³/mol. The zero-order valence-corrected chi connectivity index (χ0v) is 21.2. The van der Waals surface area contributed by atoms with Gasteiger partial charge in [-0.25, -0.2) is 4.98 Å². The molecule has 0 radical (unpaired) electrons. The number of anilines is 1. The smallest absolute Gasteiger partial charge is 0.170 e. The van der Waals surface area contributed by atoms with Crippen LogP contribution in [-0.4, -0.2) is 64.1 Å². The van der Waals surface area contributed by atoms with Gasteiger partial charge in [-0.15, -0.1) is 0 Å². The Labute approximate surface area is 212 Å². The van der Waals surface area contributed by atoms with Crippen LogP contribution in [0.25, 0.3) is 28.0 Å². The summed E-state index contributed by atoms with van der Waals surface area (Å²) in [6.07, 6.45) is 4.05. The summed E-state index contributed by atoms with van der Waals surface area (Å²) in [7, 11) is 2.20. The molecular formula is C28H32N6S. The number of hydrogen-bond acceptors (Lipinski definition) is 4. The van der Waals surface area contributed by atoms with Crippen molar-refractivity contribution in [3.05, 3.63) is 78.6 Å². The highest BCUT2D eigenvalue weighted by Crippen LogP contribution is 2.27. The van der Waals surface area contributed by atoms with Crippen molar-refractivity contribution in [2.75, 3.05) is 45.1 Å². The van der Waals surface area contributed by atoms with Gasteiger partial charge < -0.3 is 15.5 Å². The van der Waals surface area contributed by atoms with Gasteiger partial charge in [-0.05, 0) is 73.2 Å². The Balaban J connectivity index is 1.36. The summed E-state index contributed by atoms with van der Waals surface area (Å²) >= 11 is 5.33. The van der Waals surface area contributed by atoms with Crippen molar-refractivity contribution >= 4 is 28.7 Å². The fourth-order valence-corrected chi connectivity index (χ4v) is 4.84. The third kappa shape index (κ3) is 5.53. The SMILES string of the molecule is CCNC(=S)Nc1cccc(-c2cnc3cc(-c4cccc(CN5CCN(C)CC5)c4)ccn23)c1. The maximum atomic E-state index is 5.33. The Morgan fingerprint density at radius 2 is 1.71 bits per heavy atom. The van der Waals surface area contributed by atoms with Gasteiger partial charge in [0, 0.05) is 56.7 Å². The van der Waals surface area contributed by atoms with Crippen LogP contribution in [0.2, 0.25) is 0 Å². The summed E-state index contributed by atoms with van der Waals surface area (Å²) in [6, 6.07) is 21.5. The molecule has 180 valence electrons. The second-order valence-corrected chi connectivity index (χ2v) is 9.54. The first-order chi connectivity index (χ1) is 17.1. The summed E-state index contributed by atoms with van der Waals surface area (Å²) in [5.41, 5.74) is 7.79. The van der Waals surface area contributed by atoms with Crippen molar-refractivity contribution < 1.29 is 0 Å². The zero-order valence-electron chi connectivity index (χ0n) is 20.4. The fourth-order valence-electron chi connectivity index (χ4n) is 4.58. The van der Waals surface area contributed by atoms with Crippen LogP contribution in [0.5, 0.6) is 0 Å². The van der Waals surface area contributed by atoms with E-state index in [0.717, 1.165) is 61.9 Å². The third-order valence-corrected chi connectivity index (χ3v) is 6.78. The number of rotatable bonds is 6. The molecule has 35 heavy (non-hydrogen) atoms. The van der Waals surface area contributed by atoms with Gasteiger partial charge in [0.2, 0.25) is 0 Å². The van der Waals surface area contributed by atoms with E-state index in [2.05, 4.69) is 86.6 Å². The summed E-state index contributed by atoms with van der Waals surface area (Å²) in [4.78, 5) is 9.65. The minimum Gasteiger partial charge on any atom is -0.363 e. The second-order valence-electron chi connectivity index (χ2n) is 9.13. The van der Waals surface area contributed by atoms with E-state index in [0.29, 0.717) is 5.11 Å². The molecule has 0 aliphatic carbocycles. The molecule has 0 atom stereocenters. The van der Waals surface area contributed by atoms with Gasteiger partial charge in [0.05, 0.1) is 11.9 Å². The summed E-state index contributed by atoms with van der Waals surface area (Å²) < 4.78 is 2.14. The van der Waals surface area contributed by atoms with Gasteiger partial charge in [0.1, 0.15) is 5.65 Å². The normalized spacial score (nSPS) is 14.8. The molecule has 0 saturated carbocycles. The van der Waals surface area contributed by atoms with E-state index < -0.39 is 0 Å². The Hall–Kier alpha value is -3.26. The first-order valence-corrected chi connectivity index (χ1v) is 12.6. The second kappa shape index (κ2) is 10.6. The number of benzene rings is 2. The van der Waals surface area contributed by atoms with Crippen LogP contribution in [0.4, 0.5) is 5.69 Å². The average molecular weight is 485 g/mol. The molecular weight excluding hydrogens is 452 g/mol. The van der Waals surface area contributed by atoms with Crippen molar-refractivity contribution in [3.8, 4) is 22.4 Å². The lowest BCUT2D eigenvalue weighted by atomic mass is 10.0. The van der Waals surface area contributed by atoms with Crippen LogP contribution in [0.3, 0.4) is 0 Å². The molecule has 7 heteroatoms. The quantitative estimate of drug-likeness (QED) is 0.386. The van der Waals surface area contributed by atoms with E-state index in [1.54, 1.807) is 0 Å². The number of nitrogens with zero attached hydrogens (tertiary/aromatic N) is 4. The molecule has 2 N–H and O–H groups in total. The van der Waals surface area contributed by atoms with Gasteiger partial charge in [0.25, 0.3) is 0 Å². The summed E-state index contributed by atoms with van der Waals surface area (Å²) in [5, 5.41) is 7.00. The fraction of sp³-hybridized carbons (Fsp3) is 0.286. The summed E-state index contributed by atoms with van der Waals surface area (Å²) in [5.74, 6) is 0. The molecule has 2 aromatic heterocycles. The number of fused-ring (bicyclic) bond motifs is 1. The largest absolute Gasteiger partial charge is 0.363 e. The van der Waals surface area contributed by atoms with E-state index >= 15 is 0 Å². The van der Waals surface area contributed by atoms with Crippen LogP contribution < -0.4 is 10.6 Å². The number of piperazine rings is 1. The lowest BCUT2D eigenvalue weighted by Crippen LogP contribution is -2.43. The van der Waals surface area contributed by atoms with E-state index in [4.69, 9.17) is 17.2 Å². The molecule has 2 aromatic carbocycles. The van der Waals surface area contributed by atoms with Crippen LogP contribution >= 0.6 is 12.2 Å². The molecule has 0 bridgehead atoms.